The second-order valence-electron chi connectivity index (χ2n) is 8.26. The van der Waals surface area contributed by atoms with Gasteiger partial charge in [-0.25, -0.2) is 4.79 Å². The Bertz CT molecular complexity index is 444. The Labute approximate surface area is 141 Å². The zero-order chi connectivity index (χ0) is 18.5. The van der Waals surface area contributed by atoms with Gasteiger partial charge in [0.15, 0.2) is 0 Å². The Kier molecular flexibility index (Phi) is 7.54. The maximum Gasteiger partial charge on any atom is 0.408 e. The fraction of sp³-hybridized carbons (Fsp3) is 0.765. The number of hydrogen-bond donors (Lipinski definition) is 1. The van der Waals surface area contributed by atoms with Crippen LogP contribution in [0, 0.1) is 0 Å². The zero-order valence-corrected chi connectivity index (χ0v) is 17.1. The lowest BCUT2D eigenvalue weighted by molar-refractivity contribution is -0.143. The Morgan fingerprint density at radius 3 is 2.04 bits per heavy atom. The van der Waals surface area contributed by atoms with Gasteiger partial charge in [-0.2, -0.15) is 0 Å². The van der Waals surface area contributed by atoms with Gasteiger partial charge in [-0.15, -0.1) is 0 Å². The summed E-state index contributed by atoms with van der Waals surface area (Å²) in [5.74, 6) is -0.455. The number of rotatable bonds is 5. The van der Waals surface area contributed by atoms with Crippen molar-refractivity contribution in [2.75, 3.05) is 6.54 Å². The number of carbonyl (C=O) groups is 2. The lowest BCUT2D eigenvalue weighted by Gasteiger charge is -2.41. The molecule has 0 bridgehead atoms. The molecule has 0 aromatic rings. The Hall–Kier alpha value is -1.30. The van der Waals surface area contributed by atoms with E-state index < -0.39 is 25.7 Å². The van der Waals surface area contributed by atoms with E-state index in [1.165, 1.54) is 0 Å². The topological polar surface area (TPSA) is 64.6 Å². The molecule has 1 unspecified atom stereocenters. The molecule has 0 aromatic heterocycles. The van der Waals surface area contributed by atoms with Crippen LogP contribution in [0.5, 0.6) is 0 Å². The summed E-state index contributed by atoms with van der Waals surface area (Å²) in [6.45, 7) is 17.9. The number of carbonyl (C=O) groups excluding carboxylic acids is 2. The van der Waals surface area contributed by atoms with E-state index >= 15 is 0 Å². The largest absolute Gasteiger partial charge is 0.461 e. The number of hydrogen-bond acceptors (Lipinski definition) is 4. The highest BCUT2D eigenvalue weighted by atomic mass is 28.3. The van der Waals surface area contributed by atoms with E-state index in [-0.39, 0.29) is 17.3 Å². The lowest BCUT2D eigenvalue weighted by atomic mass is 10.2. The molecule has 0 aliphatic rings. The molecule has 0 aliphatic carbocycles. The average molecular weight is 344 g/mol. The number of amides is 1. The number of esters is 1. The van der Waals surface area contributed by atoms with Gasteiger partial charge in [0, 0.05) is 0 Å². The van der Waals surface area contributed by atoms with E-state index in [1.807, 2.05) is 19.1 Å². The van der Waals surface area contributed by atoms with Gasteiger partial charge in [-0.05, 0) is 32.7 Å². The summed E-state index contributed by atoms with van der Waals surface area (Å²) in [6, 6.07) is 0. The Balaban J connectivity index is 4.74. The van der Waals surface area contributed by atoms with Crippen LogP contribution in [0.4, 0.5) is 4.79 Å². The zero-order valence-electron chi connectivity index (χ0n) is 16.1. The summed E-state index contributed by atoms with van der Waals surface area (Å²) < 4.78 is 10.7. The van der Waals surface area contributed by atoms with Crippen molar-refractivity contribution < 1.29 is 19.1 Å². The molecule has 1 atom stereocenters. The molecule has 0 rings (SSSR count). The molecule has 0 fully saturated rings. The second-order valence-corrected chi connectivity index (χ2v) is 13.8. The standard InChI is InChI=1S/C17H33NO4Si/c1-10-11-14(23(8,9)17(5,6)7)21-13(19)12-18-15(20)22-16(2,3)4/h10-11,14H,12H2,1-9H3,(H,18,20)/b11-10-. The third kappa shape index (κ3) is 7.68. The van der Waals surface area contributed by atoms with Crippen molar-refractivity contribution in [1.29, 1.82) is 0 Å². The van der Waals surface area contributed by atoms with E-state index in [4.69, 9.17) is 9.47 Å². The molecule has 134 valence electrons. The third-order valence-corrected chi connectivity index (χ3v) is 9.64. The van der Waals surface area contributed by atoms with Crippen molar-refractivity contribution >= 4 is 20.1 Å². The minimum atomic E-state index is -1.89. The van der Waals surface area contributed by atoms with Crippen LogP contribution in [0.3, 0.4) is 0 Å². The minimum Gasteiger partial charge on any atom is -0.461 e. The lowest BCUT2D eigenvalue weighted by Crippen LogP contribution is -2.51. The van der Waals surface area contributed by atoms with Gasteiger partial charge >= 0.3 is 12.1 Å². The van der Waals surface area contributed by atoms with Crippen LogP contribution in [0.25, 0.3) is 0 Å². The molecule has 0 spiro atoms. The summed E-state index contributed by atoms with van der Waals surface area (Å²) in [5.41, 5.74) is -0.830. The fourth-order valence-corrected chi connectivity index (χ4v) is 3.62. The van der Waals surface area contributed by atoms with Gasteiger partial charge in [-0.1, -0.05) is 46.0 Å². The molecular formula is C17H33NO4Si. The summed E-state index contributed by atoms with van der Waals surface area (Å²) in [4.78, 5) is 23.7. The monoisotopic (exact) mass is 343 g/mol. The highest BCUT2D eigenvalue weighted by Gasteiger charge is 2.43. The maximum absolute atomic E-state index is 12.1. The van der Waals surface area contributed by atoms with E-state index in [0.29, 0.717) is 0 Å². The molecule has 23 heavy (non-hydrogen) atoms. The first-order valence-electron chi connectivity index (χ1n) is 8.00. The third-order valence-electron chi connectivity index (χ3n) is 4.05. The van der Waals surface area contributed by atoms with Crippen LogP contribution in [0.15, 0.2) is 12.2 Å². The Morgan fingerprint density at radius 1 is 1.13 bits per heavy atom. The fourth-order valence-electron chi connectivity index (χ4n) is 1.67. The van der Waals surface area contributed by atoms with Crippen LogP contribution in [-0.2, 0) is 14.3 Å². The quantitative estimate of drug-likeness (QED) is 0.465. The Morgan fingerprint density at radius 2 is 1.65 bits per heavy atom. The molecule has 1 N–H and O–H groups in total. The number of alkyl carbamates (subject to hydrolysis) is 1. The van der Waals surface area contributed by atoms with Gasteiger partial charge in [0.1, 0.15) is 25.9 Å². The SMILES string of the molecule is C/C=C\C(OC(=O)CNC(=O)OC(C)(C)C)[Si](C)(C)C(C)(C)C. The first kappa shape index (κ1) is 21.7. The molecular weight excluding hydrogens is 310 g/mol. The number of ether oxygens (including phenoxy) is 2. The summed E-state index contributed by atoms with van der Waals surface area (Å²) in [7, 11) is -1.89. The number of nitrogens with one attached hydrogen (secondary N) is 1. The van der Waals surface area contributed by atoms with Crippen molar-refractivity contribution in [3.05, 3.63) is 12.2 Å². The smallest absolute Gasteiger partial charge is 0.408 e. The van der Waals surface area contributed by atoms with Crippen molar-refractivity contribution in [2.24, 2.45) is 0 Å². The summed E-state index contributed by atoms with van der Waals surface area (Å²) >= 11 is 0. The van der Waals surface area contributed by atoms with Gasteiger partial charge in [0.25, 0.3) is 0 Å². The maximum atomic E-state index is 12.1. The summed E-state index contributed by atoms with van der Waals surface area (Å²) in [5, 5.41) is 2.51. The van der Waals surface area contributed by atoms with Crippen molar-refractivity contribution in [3.63, 3.8) is 0 Å². The van der Waals surface area contributed by atoms with Gasteiger partial charge in [0.05, 0.1) is 0 Å². The first-order valence-corrected chi connectivity index (χ1v) is 11.1. The number of allylic oxidation sites excluding steroid dienone is 1. The molecule has 6 heteroatoms. The minimum absolute atomic E-state index is 0.0794. The molecule has 0 aliphatic heterocycles. The van der Waals surface area contributed by atoms with Crippen LogP contribution in [0.1, 0.15) is 48.5 Å². The molecule has 0 aromatic carbocycles. The molecule has 0 saturated heterocycles. The molecule has 0 saturated carbocycles. The predicted molar refractivity (Wildman–Crippen MR) is 96.1 cm³/mol. The van der Waals surface area contributed by atoms with Gasteiger partial charge < -0.3 is 14.8 Å². The molecule has 0 heterocycles. The van der Waals surface area contributed by atoms with Gasteiger partial charge in [0.2, 0.25) is 0 Å². The van der Waals surface area contributed by atoms with Crippen molar-refractivity contribution in [2.45, 2.75) is 77.9 Å². The van der Waals surface area contributed by atoms with Crippen LogP contribution in [0.2, 0.25) is 18.1 Å². The van der Waals surface area contributed by atoms with E-state index in [0.717, 1.165) is 0 Å². The predicted octanol–water partition coefficient (Wildman–Crippen LogP) is 4.05. The highest BCUT2D eigenvalue weighted by molar-refractivity contribution is 6.81. The normalized spacial score (nSPS) is 14.5. The first-order chi connectivity index (χ1) is 10.2. The van der Waals surface area contributed by atoms with E-state index in [2.05, 4.69) is 39.2 Å². The van der Waals surface area contributed by atoms with E-state index in [9.17, 15) is 9.59 Å². The van der Waals surface area contributed by atoms with Crippen LogP contribution in [-0.4, -0.2) is 38.0 Å². The van der Waals surface area contributed by atoms with Crippen LogP contribution < -0.4 is 5.32 Å². The van der Waals surface area contributed by atoms with Crippen molar-refractivity contribution in [1.82, 2.24) is 5.32 Å². The molecule has 5 nitrogen and oxygen atoms in total. The van der Waals surface area contributed by atoms with Crippen molar-refractivity contribution in [3.8, 4) is 0 Å². The average Bonchev–Trinajstić information content (AvgIpc) is 2.32. The molecule has 1 amide bonds. The van der Waals surface area contributed by atoms with E-state index in [1.54, 1.807) is 20.8 Å². The van der Waals surface area contributed by atoms with Gasteiger partial charge in [-0.3, -0.25) is 4.79 Å². The highest BCUT2D eigenvalue weighted by Crippen LogP contribution is 2.39. The summed E-state index contributed by atoms with van der Waals surface area (Å²) in [6.07, 6.45) is 3.21. The van der Waals surface area contributed by atoms with Crippen LogP contribution >= 0.6 is 0 Å². The molecule has 0 radical (unpaired) electrons. The second kappa shape index (κ2) is 7.99.